The Morgan fingerprint density at radius 3 is 2.44 bits per heavy atom. The Morgan fingerprint density at radius 1 is 1.22 bits per heavy atom. The molecule has 4 heteroatoms. The van der Waals surface area contributed by atoms with Gasteiger partial charge in [-0.2, -0.15) is 0 Å². The van der Waals surface area contributed by atoms with Crippen LogP contribution in [0.2, 0.25) is 0 Å². The van der Waals surface area contributed by atoms with Crippen LogP contribution in [-0.4, -0.2) is 4.98 Å². The lowest BCUT2D eigenvalue weighted by atomic mass is 9.93. The van der Waals surface area contributed by atoms with Crippen LogP contribution in [-0.2, 0) is 12.0 Å². The van der Waals surface area contributed by atoms with Crippen molar-refractivity contribution < 1.29 is 9.13 Å². The summed E-state index contributed by atoms with van der Waals surface area (Å²) in [5, 5.41) is 2.99. The molecule has 0 aliphatic carbocycles. The first-order valence-corrected chi connectivity index (χ1v) is 6.66. The molecule has 2 aromatic rings. The fourth-order valence-corrected chi connectivity index (χ4v) is 2.33. The molecule has 1 heterocycles. The maximum atomic E-state index is 12.7. The molecule has 0 saturated carbocycles. The lowest BCUT2D eigenvalue weighted by molar-refractivity contribution is 0.304. The molecular weight excluding hydrogens is 249 g/mol. The minimum absolute atomic E-state index is 0.0601. The van der Waals surface area contributed by atoms with Gasteiger partial charge in [-0.1, -0.05) is 20.8 Å². The minimum atomic E-state index is -0.258. The number of nitrogens with zero attached hydrogens (tertiary/aromatic N) is 1. The minimum Gasteiger partial charge on any atom is -0.486 e. The zero-order valence-electron chi connectivity index (χ0n) is 10.7. The molecule has 0 radical (unpaired) electrons. The second-order valence-corrected chi connectivity index (χ2v) is 6.06. The summed E-state index contributed by atoms with van der Waals surface area (Å²) >= 11 is 1.59. The van der Waals surface area contributed by atoms with Crippen molar-refractivity contribution in [2.24, 2.45) is 0 Å². The Labute approximate surface area is 110 Å². The second-order valence-electron chi connectivity index (χ2n) is 5.12. The molecule has 0 amide bonds. The molecule has 0 bridgehead atoms. The Bertz CT molecular complexity index is 513. The van der Waals surface area contributed by atoms with E-state index in [2.05, 4.69) is 31.1 Å². The van der Waals surface area contributed by atoms with Crippen LogP contribution < -0.4 is 4.74 Å². The van der Waals surface area contributed by atoms with Gasteiger partial charge in [0.25, 0.3) is 0 Å². The molecule has 0 atom stereocenters. The van der Waals surface area contributed by atoms with Crippen LogP contribution in [0.15, 0.2) is 29.6 Å². The topological polar surface area (TPSA) is 22.1 Å². The van der Waals surface area contributed by atoms with E-state index < -0.39 is 0 Å². The smallest absolute Gasteiger partial charge is 0.140 e. The molecule has 0 spiro atoms. The van der Waals surface area contributed by atoms with Crippen molar-refractivity contribution in [2.75, 3.05) is 0 Å². The summed E-state index contributed by atoms with van der Waals surface area (Å²) in [7, 11) is 0. The number of aromatic nitrogens is 1. The second kappa shape index (κ2) is 5.06. The van der Waals surface area contributed by atoms with Gasteiger partial charge in [0.05, 0.1) is 5.69 Å². The highest BCUT2D eigenvalue weighted by Gasteiger charge is 2.17. The highest BCUT2D eigenvalue weighted by molar-refractivity contribution is 7.09. The molecule has 1 aromatic heterocycles. The Hall–Kier alpha value is -1.42. The average Bonchev–Trinajstić information content (AvgIpc) is 2.77. The molecule has 1 aromatic carbocycles. The van der Waals surface area contributed by atoms with Crippen molar-refractivity contribution in [3.63, 3.8) is 0 Å². The van der Waals surface area contributed by atoms with Crippen molar-refractivity contribution >= 4 is 11.3 Å². The van der Waals surface area contributed by atoms with Crippen LogP contribution in [0.25, 0.3) is 0 Å². The summed E-state index contributed by atoms with van der Waals surface area (Å²) in [5.74, 6) is 0.399. The van der Waals surface area contributed by atoms with E-state index in [1.165, 1.54) is 12.1 Å². The predicted molar refractivity (Wildman–Crippen MR) is 71.5 cm³/mol. The largest absolute Gasteiger partial charge is 0.486 e. The first-order chi connectivity index (χ1) is 8.45. The predicted octanol–water partition coefficient (Wildman–Crippen LogP) is 4.16. The first kappa shape index (κ1) is 13.0. The van der Waals surface area contributed by atoms with Gasteiger partial charge in [0.2, 0.25) is 0 Å². The van der Waals surface area contributed by atoms with Gasteiger partial charge in [-0.15, -0.1) is 11.3 Å². The zero-order chi connectivity index (χ0) is 13.2. The SMILES string of the molecule is CC(C)(C)c1csc(COc2ccc(F)cc2)n1. The Kier molecular flexibility index (Phi) is 3.66. The van der Waals surface area contributed by atoms with Gasteiger partial charge in [0.15, 0.2) is 0 Å². The highest BCUT2D eigenvalue weighted by Crippen LogP contribution is 2.24. The van der Waals surface area contributed by atoms with Gasteiger partial charge in [-0.3, -0.25) is 0 Å². The lowest BCUT2D eigenvalue weighted by Gasteiger charge is -2.14. The van der Waals surface area contributed by atoms with Gasteiger partial charge in [0, 0.05) is 10.8 Å². The molecular formula is C14H16FNOS. The maximum absolute atomic E-state index is 12.7. The molecule has 2 nitrogen and oxygen atoms in total. The lowest BCUT2D eigenvalue weighted by Crippen LogP contribution is -2.11. The number of hydrogen-bond donors (Lipinski definition) is 0. The standard InChI is InChI=1S/C14H16FNOS/c1-14(2,3)12-9-18-13(16-12)8-17-11-6-4-10(15)5-7-11/h4-7,9H,8H2,1-3H3. The number of thiazole rings is 1. The van der Waals surface area contributed by atoms with Crippen LogP contribution in [0.1, 0.15) is 31.5 Å². The molecule has 0 fully saturated rings. The van der Waals surface area contributed by atoms with E-state index in [1.807, 2.05) is 0 Å². The van der Waals surface area contributed by atoms with E-state index >= 15 is 0 Å². The molecule has 0 aliphatic heterocycles. The van der Waals surface area contributed by atoms with E-state index in [-0.39, 0.29) is 11.2 Å². The van der Waals surface area contributed by atoms with E-state index in [1.54, 1.807) is 23.5 Å². The number of rotatable bonds is 3. The maximum Gasteiger partial charge on any atom is 0.140 e. The van der Waals surface area contributed by atoms with Gasteiger partial charge < -0.3 is 4.74 Å². The third kappa shape index (κ3) is 3.29. The van der Waals surface area contributed by atoms with Crippen LogP contribution in [0, 0.1) is 5.82 Å². The van der Waals surface area contributed by atoms with Gasteiger partial charge in [-0.25, -0.2) is 9.37 Å². The third-order valence-corrected chi connectivity index (χ3v) is 3.32. The Balaban J connectivity index is 1.98. The van der Waals surface area contributed by atoms with Crippen molar-refractivity contribution in [1.82, 2.24) is 4.98 Å². The van der Waals surface area contributed by atoms with Gasteiger partial charge >= 0.3 is 0 Å². The number of benzene rings is 1. The third-order valence-electron chi connectivity index (χ3n) is 2.50. The zero-order valence-corrected chi connectivity index (χ0v) is 11.6. The van der Waals surface area contributed by atoms with Crippen LogP contribution in [0.5, 0.6) is 5.75 Å². The molecule has 0 unspecified atom stereocenters. The van der Waals surface area contributed by atoms with Crippen molar-refractivity contribution in [2.45, 2.75) is 32.8 Å². The number of ether oxygens (including phenoxy) is 1. The highest BCUT2D eigenvalue weighted by atomic mass is 32.1. The fraction of sp³-hybridized carbons (Fsp3) is 0.357. The van der Waals surface area contributed by atoms with Crippen LogP contribution >= 0.6 is 11.3 Å². The monoisotopic (exact) mass is 265 g/mol. The fourth-order valence-electron chi connectivity index (χ4n) is 1.40. The molecule has 0 N–H and O–H groups in total. The quantitative estimate of drug-likeness (QED) is 0.831. The van der Waals surface area contributed by atoms with E-state index in [0.717, 1.165) is 10.7 Å². The van der Waals surface area contributed by atoms with Crippen molar-refractivity contribution in [3.8, 4) is 5.75 Å². The molecule has 96 valence electrons. The van der Waals surface area contributed by atoms with Crippen molar-refractivity contribution in [3.05, 3.63) is 46.2 Å². The molecule has 2 rings (SSSR count). The summed E-state index contributed by atoms with van der Waals surface area (Å²) in [6.07, 6.45) is 0. The molecule has 0 saturated heterocycles. The van der Waals surface area contributed by atoms with E-state index in [0.29, 0.717) is 12.4 Å². The van der Waals surface area contributed by atoms with Gasteiger partial charge in [-0.05, 0) is 24.3 Å². The van der Waals surface area contributed by atoms with E-state index in [4.69, 9.17) is 4.74 Å². The van der Waals surface area contributed by atoms with E-state index in [9.17, 15) is 4.39 Å². The average molecular weight is 265 g/mol. The number of halogens is 1. The summed E-state index contributed by atoms with van der Waals surface area (Å²) in [4.78, 5) is 4.53. The summed E-state index contributed by atoms with van der Waals surface area (Å²) in [6, 6.07) is 6.01. The first-order valence-electron chi connectivity index (χ1n) is 5.78. The summed E-state index contributed by atoms with van der Waals surface area (Å²) in [6.45, 7) is 6.82. The summed E-state index contributed by atoms with van der Waals surface area (Å²) < 4.78 is 18.3. The van der Waals surface area contributed by atoms with Crippen molar-refractivity contribution in [1.29, 1.82) is 0 Å². The van der Waals surface area contributed by atoms with Crippen LogP contribution in [0.4, 0.5) is 4.39 Å². The molecule has 18 heavy (non-hydrogen) atoms. The molecule has 0 aliphatic rings. The van der Waals surface area contributed by atoms with Gasteiger partial charge in [0.1, 0.15) is 23.2 Å². The number of hydrogen-bond acceptors (Lipinski definition) is 3. The van der Waals surface area contributed by atoms with Crippen LogP contribution in [0.3, 0.4) is 0 Å². The normalized spacial score (nSPS) is 11.6. The summed E-state index contributed by atoms with van der Waals surface area (Å²) in [5.41, 5.74) is 1.13. The Morgan fingerprint density at radius 2 is 1.89 bits per heavy atom.